The van der Waals surface area contributed by atoms with E-state index < -0.39 is 5.09 Å². The molecule has 0 heterocycles. The minimum atomic E-state index is -1.75. The second-order valence-electron chi connectivity index (χ2n) is 0.224. The first-order valence-corrected chi connectivity index (χ1v) is 0.548. The van der Waals surface area contributed by atoms with E-state index in [4.69, 9.17) is 15.3 Å². The molecule has 0 N–H and O–H groups in total. The van der Waals surface area contributed by atoms with Crippen molar-refractivity contribution in [2.75, 3.05) is 0 Å². The molecular formula is H3CaKNNaO3. The van der Waals surface area contributed by atoms with Crippen molar-refractivity contribution in [2.45, 2.75) is 0 Å². The van der Waals surface area contributed by atoms with E-state index in [1.54, 1.807) is 0 Å². The van der Waals surface area contributed by atoms with Gasteiger partial charge in [-0.05, 0) is 0 Å². The van der Waals surface area contributed by atoms with Gasteiger partial charge >= 0.3 is 119 Å². The van der Waals surface area contributed by atoms with Gasteiger partial charge in [0.25, 0.3) is 0 Å². The Balaban J connectivity index is -0.0000000150. The molecule has 0 aromatic carbocycles. The van der Waals surface area contributed by atoms with Gasteiger partial charge in [0.15, 0.2) is 0 Å². The van der Waals surface area contributed by atoms with E-state index in [-0.39, 0.29) is 119 Å². The van der Waals surface area contributed by atoms with E-state index in [9.17, 15) is 0 Å². The van der Waals surface area contributed by atoms with Crippen molar-refractivity contribution < 1.29 is 56.5 Å². The fourth-order valence-electron chi connectivity index (χ4n) is 0. The van der Waals surface area contributed by atoms with E-state index in [1.165, 1.54) is 0 Å². The van der Waals surface area contributed by atoms with Crippen molar-refractivity contribution in [1.29, 1.82) is 0 Å². The first-order chi connectivity index (χ1) is 1.73. The number of hydrogen-bond acceptors (Lipinski definition) is 3. The predicted octanol–water partition coefficient (Wildman–Crippen LogP) is -4.80. The normalized spacial score (nSPS) is 3.43. The van der Waals surface area contributed by atoms with Gasteiger partial charge in [-0.1, -0.05) is 0 Å². The Morgan fingerprint density at radius 3 is 1.29 bits per heavy atom. The van der Waals surface area contributed by atoms with Gasteiger partial charge in [0.05, 0.1) is 5.09 Å². The van der Waals surface area contributed by atoms with Crippen LogP contribution in [0.25, 0.3) is 0 Å². The molecule has 0 aromatic rings. The SMILES string of the molecule is O=[N+]([O-])[O-].[CaH2].[K+].[NaH]. The van der Waals surface area contributed by atoms with Gasteiger partial charge in [-0.3, -0.25) is 0 Å². The Morgan fingerprint density at radius 1 is 1.29 bits per heavy atom. The third-order valence-electron chi connectivity index (χ3n) is 0. The monoisotopic (exact) mass is 167 g/mol. The average Bonchev–Trinajstić information content (AvgIpc) is 0.811. The Hall–Kier alpha value is 3.10. The van der Waals surface area contributed by atoms with Crippen molar-refractivity contribution in [3.05, 3.63) is 15.3 Å². The molecule has 0 amide bonds. The zero-order chi connectivity index (χ0) is 3.58. The van der Waals surface area contributed by atoms with Gasteiger partial charge in [-0.2, -0.15) is 0 Å². The Labute approximate surface area is 135 Å². The van der Waals surface area contributed by atoms with Crippen LogP contribution in [0.4, 0.5) is 0 Å². The molecule has 0 aromatic heterocycles. The van der Waals surface area contributed by atoms with Crippen molar-refractivity contribution in [1.82, 2.24) is 0 Å². The summed E-state index contributed by atoms with van der Waals surface area (Å²) in [5, 5.41) is 14.8. The van der Waals surface area contributed by atoms with Gasteiger partial charge in [-0.15, -0.1) is 0 Å². The van der Waals surface area contributed by atoms with Crippen LogP contribution in [0.5, 0.6) is 0 Å². The van der Waals surface area contributed by atoms with Crippen molar-refractivity contribution >= 4 is 67.3 Å². The molecule has 30 valence electrons. The predicted molar refractivity (Wildman–Crippen MR) is 26.1 cm³/mol. The number of nitrogens with zero attached hydrogens (tertiary/aromatic N) is 1. The van der Waals surface area contributed by atoms with Gasteiger partial charge in [0, 0.05) is 0 Å². The zero-order valence-corrected chi connectivity index (χ0v) is 5.80. The van der Waals surface area contributed by atoms with E-state index in [0.717, 1.165) is 0 Å². The van der Waals surface area contributed by atoms with Crippen LogP contribution < -0.4 is 51.4 Å². The summed E-state index contributed by atoms with van der Waals surface area (Å²) in [6, 6.07) is 0. The van der Waals surface area contributed by atoms with Crippen molar-refractivity contribution in [3.63, 3.8) is 0 Å². The molecule has 0 aliphatic carbocycles. The molecule has 7 heteroatoms. The average molecular weight is 167 g/mol. The van der Waals surface area contributed by atoms with E-state index in [1.807, 2.05) is 0 Å². The van der Waals surface area contributed by atoms with Crippen molar-refractivity contribution in [3.8, 4) is 0 Å². The molecule has 0 saturated heterocycles. The maximum absolute atomic E-state index is 8.25. The summed E-state index contributed by atoms with van der Waals surface area (Å²) in [5.74, 6) is 0. The first-order valence-electron chi connectivity index (χ1n) is 0.548. The molecule has 0 bridgehead atoms. The van der Waals surface area contributed by atoms with Crippen molar-refractivity contribution in [2.24, 2.45) is 0 Å². The molecule has 0 unspecified atom stereocenters. The number of hydrogen-bond donors (Lipinski definition) is 0. The molecule has 0 saturated carbocycles. The maximum atomic E-state index is 8.25. The van der Waals surface area contributed by atoms with Crippen LogP contribution in [0.1, 0.15) is 0 Å². The Bertz CT molecular complexity index is 37.9. The third-order valence-corrected chi connectivity index (χ3v) is 0. The van der Waals surface area contributed by atoms with Gasteiger partial charge < -0.3 is 15.3 Å². The van der Waals surface area contributed by atoms with Crippen LogP contribution in [0, 0.1) is 15.3 Å². The minimum absolute atomic E-state index is 0. The van der Waals surface area contributed by atoms with Crippen LogP contribution in [-0.4, -0.2) is 72.4 Å². The van der Waals surface area contributed by atoms with Crippen LogP contribution >= 0.6 is 0 Å². The van der Waals surface area contributed by atoms with Gasteiger partial charge in [0.2, 0.25) is 0 Å². The summed E-state index contributed by atoms with van der Waals surface area (Å²) in [4.78, 5) is 8.25. The topological polar surface area (TPSA) is 66.2 Å². The summed E-state index contributed by atoms with van der Waals surface area (Å²) in [7, 11) is 0. The second-order valence-corrected chi connectivity index (χ2v) is 0.224. The molecule has 0 fully saturated rings. The summed E-state index contributed by atoms with van der Waals surface area (Å²) in [5.41, 5.74) is 0. The first kappa shape index (κ1) is 22.5. The fraction of sp³-hybridized carbons (Fsp3) is 0. The zero-order valence-electron chi connectivity index (χ0n) is 2.67. The molecule has 0 rings (SSSR count). The standard InChI is InChI=1S/Ca.K.NO3.Na.3H/c;;2-1(3)4;;;;/q;+1;-1;;;;. The second kappa shape index (κ2) is 16.0. The summed E-state index contributed by atoms with van der Waals surface area (Å²) in [6.45, 7) is 0. The molecule has 0 aliphatic rings. The van der Waals surface area contributed by atoms with E-state index in [0.29, 0.717) is 0 Å². The van der Waals surface area contributed by atoms with Gasteiger partial charge in [0.1, 0.15) is 0 Å². The molecule has 7 heavy (non-hydrogen) atoms. The molecule has 0 aliphatic heterocycles. The molecule has 4 nitrogen and oxygen atoms in total. The summed E-state index contributed by atoms with van der Waals surface area (Å²) in [6.07, 6.45) is 0. The third kappa shape index (κ3) is 47.8. The molecule has 0 atom stereocenters. The molecular weight excluding hydrogens is 164 g/mol. The van der Waals surface area contributed by atoms with Crippen LogP contribution in [0.15, 0.2) is 0 Å². The Morgan fingerprint density at radius 2 is 1.29 bits per heavy atom. The van der Waals surface area contributed by atoms with Crippen LogP contribution in [0.2, 0.25) is 0 Å². The Kier molecular flexibility index (Phi) is 51.5. The van der Waals surface area contributed by atoms with Gasteiger partial charge in [-0.25, -0.2) is 0 Å². The van der Waals surface area contributed by atoms with E-state index in [2.05, 4.69) is 0 Å². The summed E-state index contributed by atoms with van der Waals surface area (Å²) >= 11 is 0. The fourth-order valence-corrected chi connectivity index (χ4v) is 0. The van der Waals surface area contributed by atoms with Crippen LogP contribution in [-0.2, 0) is 0 Å². The number of rotatable bonds is 0. The molecule has 0 radical (unpaired) electrons. The molecule has 0 spiro atoms. The summed E-state index contributed by atoms with van der Waals surface area (Å²) < 4.78 is 0. The van der Waals surface area contributed by atoms with E-state index >= 15 is 0 Å². The quantitative estimate of drug-likeness (QED) is 0.206. The van der Waals surface area contributed by atoms with Crippen LogP contribution in [0.3, 0.4) is 0 Å².